The van der Waals surface area contributed by atoms with E-state index in [1.165, 1.54) is 23.5 Å². The Morgan fingerprint density at radius 2 is 1.90 bits per heavy atom. The number of hydrogen-bond acceptors (Lipinski definition) is 7. The summed E-state index contributed by atoms with van der Waals surface area (Å²) in [6.07, 6.45) is 0.821. The van der Waals surface area contributed by atoms with Crippen molar-refractivity contribution in [1.29, 1.82) is 5.26 Å². The van der Waals surface area contributed by atoms with Gasteiger partial charge in [-0.05, 0) is 61.2 Å². The van der Waals surface area contributed by atoms with Gasteiger partial charge in [-0.25, -0.2) is 14.1 Å². The fourth-order valence-corrected chi connectivity index (χ4v) is 7.19. The van der Waals surface area contributed by atoms with Gasteiger partial charge in [0.1, 0.15) is 16.8 Å². The van der Waals surface area contributed by atoms with Crippen LogP contribution in [0.15, 0.2) is 76.6 Å². The minimum Gasteiger partial charge on any atom is -0.384 e. The summed E-state index contributed by atoms with van der Waals surface area (Å²) in [6.45, 7) is 5.86. The van der Waals surface area contributed by atoms with Crippen LogP contribution in [0.3, 0.4) is 0 Å². The van der Waals surface area contributed by atoms with E-state index in [1.54, 1.807) is 46.8 Å². The second-order valence-corrected chi connectivity index (χ2v) is 12.8. The first-order chi connectivity index (χ1) is 20.0. The van der Waals surface area contributed by atoms with Gasteiger partial charge in [0.2, 0.25) is 0 Å². The van der Waals surface area contributed by atoms with Crippen LogP contribution in [0.5, 0.6) is 0 Å². The Kier molecular flexibility index (Phi) is 6.97. The molecule has 2 aromatic heterocycles. The number of aryl methyl sites for hydroxylation is 1. The highest BCUT2D eigenvalue weighted by molar-refractivity contribution is 7.14. The lowest BCUT2D eigenvalue weighted by Gasteiger charge is -2.42. The van der Waals surface area contributed by atoms with Crippen LogP contribution in [0.4, 0.5) is 9.52 Å². The van der Waals surface area contributed by atoms with Gasteiger partial charge in [-0.15, -0.1) is 11.3 Å². The fraction of sp³-hybridized carbons (Fsp3) is 0.226. The minimum atomic E-state index is -0.804. The molecular formula is C31H25Cl2FN6OS. The lowest BCUT2D eigenvalue weighted by molar-refractivity contribution is -0.118. The lowest BCUT2D eigenvalue weighted by Crippen LogP contribution is -2.42. The molecule has 7 nitrogen and oxygen atoms in total. The van der Waals surface area contributed by atoms with Gasteiger partial charge in [-0.1, -0.05) is 43.1 Å². The van der Waals surface area contributed by atoms with Crippen molar-refractivity contribution in [2.24, 2.45) is 11.1 Å². The molecule has 11 heteroatoms. The third-order valence-electron chi connectivity index (χ3n) is 7.59. The molecule has 42 heavy (non-hydrogen) atoms. The van der Waals surface area contributed by atoms with Gasteiger partial charge in [0.15, 0.2) is 10.9 Å². The number of ketones is 1. The van der Waals surface area contributed by atoms with E-state index in [0.29, 0.717) is 56.9 Å². The number of allylic oxidation sites excluding steroid dienone is 3. The maximum atomic E-state index is 14.0. The highest BCUT2D eigenvalue weighted by Gasteiger charge is 2.47. The molecule has 4 aromatic rings. The van der Waals surface area contributed by atoms with Crippen molar-refractivity contribution >= 4 is 45.5 Å². The van der Waals surface area contributed by atoms with E-state index >= 15 is 0 Å². The van der Waals surface area contributed by atoms with Gasteiger partial charge in [-0.2, -0.15) is 10.4 Å². The smallest absolute Gasteiger partial charge is 0.195 e. The summed E-state index contributed by atoms with van der Waals surface area (Å²) in [6, 6.07) is 15.4. The van der Waals surface area contributed by atoms with Crippen LogP contribution < -0.4 is 10.6 Å². The number of rotatable bonds is 4. The van der Waals surface area contributed by atoms with E-state index in [1.807, 2.05) is 25.3 Å². The van der Waals surface area contributed by atoms with E-state index in [2.05, 4.69) is 11.2 Å². The third-order valence-corrected chi connectivity index (χ3v) is 9.02. The summed E-state index contributed by atoms with van der Waals surface area (Å²) >= 11 is 14.6. The third kappa shape index (κ3) is 4.70. The molecule has 0 fully saturated rings. The van der Waals surface area contributed by atoms with Gasteiger partial charge >= 0.3 is 0 Å². The molecule has 0 saturated carbocycles. The molecule has 1 aliphatic heterocycles. The molecule has 0 radical (unpaired) electrons. The second kappa shape index (κ2) is 10.4. The Hall–Kier alpha value is -3.97. The lowest BCUT2D eigenvalue weighted by atomic mass is 9.68. The van der Waals surface area contributed by atoms with E-state index in [-0.39, 0.29) is 33.6 Å². The molecule has 1 unspecified atom stereocenters. The van der Waals surface area contributed by atoms with Crippen molar-refractivity contribution in [3.8, 4) is 23.0 Å². The number of halogens is 3. The topological polar surface area (TPSA) is 101 Å². The molecule has 0 spiro atoms. The Morgan fingerprint density at radius 1 is 1.17 bits per heavy atom. The van der Waals surface area contributed by atoms with Crippen LogP contribution in [0, 0.1) is 29.5 Å². The number of carbonyl (C=O) groups excluding carboxylic acids is 1. The largest absolute Gasteiger partial charge is 0.384 e. The van der Waals surface area contributed by atoms with Crippen LogP contribution >= 0.6 is 34.5 Å². The van der Waals surface area contributed by atoms with Crippen molar-refractivity contribution in [3.63, 3.8) is 0 Å². The molecule has 6 rings (SSSR count). The zero-order chi connectivity index (χ0) is 29.9. The fourth-order valence-electron chi connectivity index (χ4n) is 5.75. The normalized spacial score (nSPS) is 18.4. The molecule has 3 heterocycles. The summed E-state index contributed by atoms with van der Waals surface area (Å²) in [7, 11) is 0. The minimum absolute atomic E-state index is 0.0854. The first-order valence-electron chi connectivity index (χ1n) is 13.2. The number of hydrogen-bond donors (Lipinski definition) is 1. The molecule has 0 saturated heterocycles. The molecule has 0 bridgehead atoms. The zero-order valence-electron chi connectivity index (χ0n) is 23.0. The average molecular weight is 620 g/mol. The Bertz CT molecular complexity index is 1860. The summed E-state index contributed by atoms with van der Waals surface area (Å²) in [5.41, 5.74) is 10.9. The number of aromatic nitrogens is 3. The number of carbonyl (C=O) groups is 1. The Labute approximate surface area is 256 Å². The first-order valence-corrected chi connectivity index (χ1v) is 14.8. The van der Waals surface area contributed by atoms with Gasteiger partial charge in [0, 0.05) is 39.2 Å². The quantitative estimate of drug-likeness (QED) is 0.251. The van der Waals surface area contributed by atoms with Crippen molar-refractivity contribution in [3.05, 3.63) is 104 Å². The molecule has 1 aliphatic carbocycles. The summed E-state index contributed by atoms with van der Waals surface area (Å²) < 4.78 is 15.1. The zero-order valence-corrected chi connectivity index (χ0v) is 25.3. The molecule has 2 aromatic carbocycles. The number of nitrogens with zero attached hydrogens (tertiary/aromatic N) is 5. The van der Waals surface area contributed by atoms with Gasteiger partial charge < -0.3 is 5.73 Å². The van der Waals surface area contributed by atoms with Crippen LogP contribution in [-0.2, 0) is 4.79 Å². The van der Waals surface area contributed by atoms with Crippen LogP contribution in [0.2, 0.25) is 10.2 Å². The predicted molar refractivity (Wildman–Crippen MR) is 163 cm³/mol. The monoisotopic (exact) mass is 618 g/mol. The van der Waals surface area contributed by atoms with E-state index in [4.69, 9.17) is 33.9 Å². The van der Waals surface area contributed by atoms with Crippen molar-refractivity contribution < 1.29 is 9.18 Å². The van der Waals surface area contributed by atoms with Crippen LogP contribution in [-0.4, -0.2) is 20.5 Å². The highest BCUT2D eigenvalue weighted by atomic mass is 35.5. The number of Topliss-reactive ketones (excluding diaryl/α,β-unsaturated/α-hetero) is 1. The average Bonchev–Trinajstić information content (AvgIpc) is 3.52. The van der Waals surface area contributed by atoms with Gasteiger partial charge in [-0.3, -0.25) is 9.69 Å². The maximum Gasteiger partial charge on any atom is 0.195 e. The summed E-state index contributed by atoms with van der Waals surface area (Å²) in [4.78, 5) is 20.5. The molecule has 2 N–H and O–H groups in total. The highest BCUT2D eigenvalue weighted by Crippen LogP contribution is 2.52. The number of nitrogens with two attached hydrogens (primary N) is 1. The van der Waals surface area contributed by atoms with E-state index < -0.39 is 5.92 Å². The summed E-state index contributed by atoms with van der Waals surface area (Å²) in [5.74, 6) is -1.05. The Morgan fingerprint density at radius 3 is 2.60 bits per heavy atom. The number of thiazole rings is 1. The van der Waals surface area contributed by atoms with Gasteiger partial charge in [0.25, 0.3) is 0 Å². The predicted octanol–water partition coefficient (Wildman–Crippen LogP) is 7.69. The molecular weight excluding hydrogens is 594 g/mol. The standard InChI is InChI=1S/C31H25Cl2FN6OS/c1-16-25(28(33)40(38-16)20-6-4-5-18(32)11-20)26-21(14-35)29(36)39(23-12-31(2,3)13-24(41)27(23)26)30-37-22(15-42-30)17-7-9-19(34)10-8-17/h4-11,15,26H,12-13,36H2,1-3H3. The SMILES string of the molecule is Cc1nn(-c2cccc(Cl)c2)c(Cl)c1C1C(C#N)=C(N)N(c2nc(-c3ccc(F)cc3)cs2)C2=C1C(=O)CC(C)(C)C2. The second-order valence-electron chi connectivity index (χ2n) is 11.2. The Balaban J connectivity index is 1.55. The van der Waals surface area contributed by atoms with Gasteiger partial charge in [0.05, 0.1) is 34.6 Å². The van der Waals surface area contributed by atoms with E-state index in [9.17, 15) is 14.4 Å². The number of nitriles is 1. The number of benzene rings is 2. The molecule has 2 aliphatic rings. The number of anilines is 1. The maximum absolute atomic E-state index is 14.0. The van der Waals surface area contributed by atoms with Crippen molar-refractivity contribution in [2.75, 3.05) is 4.90 Å². The van der Waals surface area contributed by atoms with Crippen LogP contribution in [0.25, 0.3) is 16.9 Å². The summed E-state index contributed by atoms with van der Waals surface area (Å²) in [5, 5.41) is 18.3. The van der Waals surface area contributed by atoms with E-state index in [0.717, 1.165) is 5.56 Å². The molecule has 0 amide bonds. The molecule has 1 atom stereocenters. The van der Waals surface area contributed by atoms with Crippen molar-refractivity contribution in [2.45, 2.75) is 39.5 Å². The first kappa shape index (κ1) is 28.2. The molecule has 212 valence electrons. The van der Waals surface area contributed by atoms with Crippen molar-refractivity contribution in [1.82, 2.24) is 14.8 Å². The van der Waals surface area contributed by atoms with Crippen LogP contribution in [0.1, 0.15) is 43.9 Å².